The zero-order valence-electron chi connectivity index (χ0n) is 14.5. The molecule has 0 unspecified atom stereocenters. The topological polar surface area (TPSA) is 78.1 Å². The van der Waals surface area contributed by atoms with Crippen LogP contribution in [0.5, 0.6) is 0 Å². The molecule has 0 bridgehead atoms. The molecular weight excluding hydrogens is 316 g/mol. The first kappa shape index (κ1) is 17.0. The van der Waals surface area contributed by atoms with E-state index in [1.54, 1.807) is 12.3 Å². The minimum absolute atomic E-state index is 0.0203. The van der Waals surface area contributed by atoms with Crippen molar-refractivity contribution in [1.29, 1.82) is 0 Å². The molecule has 0 saturated carbocycles. The predicted octanol–water partition coefficient (Wildman–Crippen LogP) is 2.19. The summed E-state index contributed by atoms with van der Waals surface area (Å²) < 4.78 is 0. The van der Waals surface area contributed by atoms with Gasteiger partial charge in [-0.2, -0.15) is 5.10 Å². The predicted molar refractivity (Wildman–Crippen MR) is 94.8 cm³/mol. The Kier molecular flexibility index (Phi) is 4.97. The summed E-state index contributed by atoms with van der Waals surface area (Å²) in [5.74, 6) is -0.0867. The van der Waals surface area contributed by atoms with Gasteiger partial charge in [0.1, 0.15) is 0 Å². The van der Waals surface area contributed by atoms with Crippen LogP contribution >= 0.6 is 0 Å². The highest BCUT2D eigenvalue weighted by Gasteiger charge is 2.22. The van der Waals surface area contributed by atoms with Crippen molar-refractivity contribution in [3.05, 3.63) is 64.5 Å². The number of aromatic amines is 1. The van der Waals surface area contributed by atoms with Crippen LogP contribution in [0.2, 0.25) is 0 Å². The van der Waals surface area contributed by atoms with Crippen LogP contribution in [0.15, 0.2) is 42.1 Å². The third kappa shape index (κ3) is 4.15. The van der Waals surface area contributed by atoms with E-state index in [1.165, 1.54) is 0 Å². The van der Waals surface area contributed by atoms with Crippen LogP contribution in [-0.4, -0.2) is 33.5 Å². The Balaban J connectivity index is 1.60. The minimum atomic E-state index is -0.107. The molecule has 1 aliphatic heterocycles. The largest absolute Gasteiger partial charge is 0.348 e. The standard InChI is InChI=1S/C19H22N4O2/c1-13(2)9-18(24)20-10-14-3-5-15(6-4-14)19(25)23-8-7-17-16(12-23)11-21-22-17/h3-6,9,11H,7-8,10,12H2,1-2H3,(H,20,24)(H,21,22). The minimum Gasteiger partial charge on any atom is -0.348 e. The Hall–Kier alpha value is -2.89. The molecule has 1 aromatic carbocycles. The number of H-pyrrole nitrogens is 1. The van der Waals surface area contributed by atoms with Crippen molar-refractivity contribution >= 4 is 11.8 Å². The third-order valence-corrected chi connectivity index (χ3v) is 4.18. The van der Waals surface area contributed by atoms with Crippen LogP contribution in [0.3, 0.4) is 0 Å². The molecule has 0 radical (unpaired) electrons. The van der Waals surface area contributed by atoms with Crippen molar-refractivity contribution < 1.29 is 9.59 Å². The van der Waals surface area contributed by atoms with E-state index < -0.39 is 0 Å². The number of rotatable bonds is 4. The Morgan fingerprint density at radius 1 is 1.28 bits per heavy atom. The first-order valence-electron chi connectivity index (χ1n) is 8.35. The highest BCUT2D eigenvalue weighted by atomic mass is 16.2. The second kappa shape index (κ2) is 7.34. The third-order valence-electron chi connectivity index (χ3n) is 4.18. The molecule has 3 rings (SSSR count). The molecule has 1 aromatic heterocycles. The molecule has 6 heteroatoms. The summed E-state index contributed by atoms with van der Waals surface area (Å²) in [6, 6.07) is 7.39. The van der Waals surface area contributed by atoms with E-state index in [4.69, 9.17) is 0 Å². The molecule has 2 heterocycles. The first-order chi connectivity index (χ1) is 12.0. The lowest BCUT2D eigenvalue weighted by atomic mass is 10.1. The van der Waals surface area contributed by atoms with Gasteiger partial charge in [-0.15, -0.1) is 0 Å². The zero-order chi connectivity index (χ0) is 17.8. The number of carbonyl (C=O) groups is 2. The van der Waals surface area contributed by atoms with Crippen molar-refractivity contribution in [3.8, 4) is 0 Å². The highest BCUT2D eigenvalue weighted by Crippen LogP contribution is 2.18. The van der Waals surface area contributed by atoms with E-state index >= 15 is 0 Å². The lowest BCUT2D eigenvalue weighted by Crippen LogP contribution is -2.35. The fourth-order valence-electron chi connectivity index (χ4n) is 2.85. The number of aromatic nitrogens is 2. The molecule has 0 saturated heterocycles. The summed E-state index contributed by atoms with van der Waals surface area (Å²) in [4.78, 5) is 26.1. The summed E-state index contributed by atoms with van der Waals surface area (Å²) >= 11 is 0. The van der Waals surface area contributed by atoms with Gasteiger partial charge in [0.2, 0.25) is 5.91 Å². The molecule has 0 aliphatic carbocycles. The molecule has 1 aliphatic rings. The Bertz CT molecular complexity index is 801. The Morgan fingerprint density at radius 2 is 2.04 bits per heavy atom. The fourth-order valence-corrected chi connectivity index (χ4v) is 2.85. The number of amides is 2. The lowest BCUT2D eigenvalue weighted by molar-refractivity contribution is -0.116. The van der Waals surface area contributed by atoms with E-state index in [2.05, 4.69) is 15.5 Å². The van der Waals surface area contributed by atoms with Crippen LogP contribution in [0.4, 0.5) is 0 Å². The summed E-state index contributed by atoms with van der Waals surface area (Å²) in [6.45, 7) is 5.49. The van der Waals surface area contributed by atoms with E-state index in [0.717, 1.165) is 28.8 Å². The van der Waals surface area contributed by atoms with Crippen LogP contribution in [0.1, 0.15) is 41.0 Å². The summed E-state index contributed by atoms with van der Waals surface area (Å²) in [7, 11) is 0. The maximum absolute atomic E-state index is 12.6. The molecular formula is C19H22N4O2. The number of nitrogens with zero attached hydrogens (tertiary/aromatic N) is 2. The van der Waals surface area contributed by atoms with E-state index in [1.807, 2.05) is 43.0 Å². The van der Waals surface area contributed by atoms with Crippen LogP contribution in [0, 0.1) is 0 Å². The maximum atomic E-state index is 12.6. The summed E-state index contributed by atoms with van der Waals surface area (Å²) in [5.41, 5.74) is 4.78. The van der Waals surface area contributed by atoms with Gasteiger partial charge in [0, 0.05) is 49.0 Å². The number of fused-ring (bicyclic) bond motifs is 1. The molecule has 0 fully saturated rings. The van der Waals surface area contributed by atoms with Crippen LogP contribution in [0.25, 0.3) is 0 Å². The van der Waals surface area contributed by atoms with Crippen molar-refractivity contribution in [3.63, 3.8) is 0 Å². The van der Waals surface area contributed by atoms with E-state index in [0.29, 0.717) is 25.2 Å². The summed E-state index contributed by atoms with van der Waals surface area (Å²) in [5, 5.41) is 9.83. The van der Waals surface area contributed by atoms with Gasteiger partial charge in [0.25, 0.3) is 5.91 Å². The van der Waals surface area contributed by atoms with Crippen molar-refractivity contribution in [2.24, 2.45) is 0 Å². The second-order valence-electron chi connectivity index (χ2n) is 6.49. The van der Waals surface area contributed by atoms with Gasteiger partial charge in [-0.05, 0) is 31.5 Å². The monoisotopic (exact) mass is 338 g/mol. The van der Waals surface area contributed by atoms with Crippen molar-refractivity contribution in [2.45, 2.75) is 33.4 Å². The molecule has 2 aromatic rings. The van der Waals surface area contributed by atoms with Crippen molar-refractivity contribution in [1.82, 2.24) is 20.4 Å². The molecule has 6 nitrogen and oxygen atoms in total. The average molecular weight is 338 g/mol. The number of allylic oxidation sites excluding steroid dienone is 1. The Labute approximate surface area is 146 Å². The van der Waals surface area contributed by atoms with Crippen molar-refractivity contribution in [2.75, 3.05) is 6.54 Å². The number of hydrogen-bond acceptors (Lipinski definition) is 3. The van der Waals surface area contributed by atoms with Gasteiger partial charge in [0.15, 0.2) is 0 Å². The van der Waals surface area contributed by atoms with Gasteiger partial charge in [-0.25, -0.2) is 0 Å². The smallest absolute Gasteiger partial charge is 0.254 e. The molecule has 2 N–H and O–H groups in total. The van der Waals surface area contributed by atoms with Crippen LogP contribution in [-0.2, 0) is 24.3 Å². The lowest BCUT2D eigenvalue weighted by Gasteiger charge is -2.26. The SMILES string of the molecule is CC(C)=CC(=O)NCc1ccc(C(=O)N2CCc3[nH]ncc3C2)cc1. The van der Waals surface area contributed by atoms with Gasteiger partial charge in [-0.3, -0.25) is 14.7 Å². The second-order valence-corrected chi connectivity index (χ2v) is 6.49. The molecule has 130 valence electrons. The van der Waals surface area contributed by atoms with Gasteiger partial charge in [-0.1, -0.05) is 17.7 Å². The first-order valence-corrected chi connectivity index (χ1v) is 8.35. The highest BCUT2D eigenvalue weighted by molar-refractivity contribution is 5.94. The molecule has 0 atom stereocenters. The van der Waals surface area contributed by atoms with Gasteiger partial charge >= 0.3 is 0 Å². The van der Waals surface area contributed by atoms with E-state index in [9.17, 15) is 9.59 Å². The zero-order valence-corrected chi connectivity index (χ0v) is 14.5. The maximum Gasteiger partial charge on any atom is 0.254 e. The van der Waals surface area contributed by atoms with Gasteiger partial charge < -0.3 is 10.2 Å². The Morgan fingerprint density at radius 3 is 2.76 bits per heavy atom. The number of nitrogens with one attached hydrogen (secondary N) is 2. The molecule has 2 amide bonds. The summed E-state index contributed by atoms with van der Waals surface area (Å²) in [6.07, 6.45) is 4.15. The van der Waals surface area contributed by atoms with Crippen LogP contribution < -0.4 is 5.32 Å². The molecule has 25 heavy (non-hydrogen) atoms. The molecule has 0 spiro atoms. The number of hydrogen-bond donors (Lipinski definition) is 2. The quantitative estimate of drug-likeness (QED) is 0.839. The van der Waals surface area contributed by atoms with Gasteiger partial charge in [0.05, 0.1) is 6.20 Å². The fraction of sp³-hybridized carbons (Fsp3) is 0.316. The normalized spacial score (nSPS) is 13.1. The number of carbonyl (C=O) groups excluding carboxylic acids is 2. The van der Waals surface area contributed by atoms with E-state index in [-0.39, 0.29) is 11.8 Å². The average Bonchev–Trinajstić information content (AvgIpc) is 3.07. The number of benzene rings is 1.